The molecule has 0 aromatic carbocycles. The predicted octanol–water partition coefficient (Wildman–Crippen LogP) is 0.967. The van der Waals surface area contributed by atoms with E-state index in [1.807, 2.05) is 0 Å². The van der Waals surface area contributed by atoms with E-state index in [9.17, 15) is 4.79 Å². The molecule has 0 spiro atoms. The third-order valence-electron chi connectivity index (χ3n) is 1.29. The van der Waals surface area contributed by atoms with Crippen molar-refractivity contribution in [1.82, 2.24) is 5.06 Å². The van der Waals surface area contributed by atoms with Crippen molar-refractivity contribution in [2.24, 2.45) is 5.73 Å². The summed E-state index contributed by atoms with van der Waals surface area (Å²) >= 11 is 0. The predicted molar refractivity (Wildman–Crippen MR) is 46.3 cm³/mol. The molecule has 1 aliphatic heterocycles. The lowest BCUT2D eigenvalue weighted by Gasteiger charge is -2.25. The van der Waals surface area contributed by atoms with Crippen LogP contribution in [0.25, 0.3) is 0 Å². The van der Waals surface area contributed by atoms with E-state index in [4.69, 9.17) is 15.3 Å². The Kier molecular flexibility index (Phi) is 2.47. The van der Waals surface area contributed by atoms with Crippen LogP contribution in [0, 0.1) is 0 Å². The minimum atomic E-state index is -0.579. The Morgan fingerprint density at radius 3 is 2.62 bits per heavy atom. The summed E-state index contributed by atoms with van der Waals surface area (Å²) < 4.78 is 5.03. The molecule has 1 heterocycles. The fourth-order valence-electron chi connectivity index (χ4n) is 0.801. The Morgan fingerprint density at radius 2 is 2.23 bits per heavy atom. The van der Waals surface area contributed by atoms with Crippen molar-refractivity contribution in [1.29, 1.82) is 0 Å². The Morgan fingerprint density at radius 1 is 1.62 bits per heavy atom. The standard InChI is InChI=1S/C8H14N2O3/c1-8(2,3)13-7(11)10-6(9)4-5-12-10/h4-6H,9H2,1-3H3. The van der Waals surface area contributed by atoms with Crippen LogP contribution in [-0.4, -0.2) is 22.9 Å². The summed E-state index contributed by atoms with van der Waals surface area (Å²) in [5, 5.41) is 0.977. The molecule has 74 valence electrons. The lowest BCUT2D eigenvalue weighted by atomic mass is 10.2. The van der Waals surface area contributed by atoms with E-state index >= 15 is 0 Å². The molecule has 5 nitrogen and oxygen atoms in total. The molecule has 0 aromatic heterocycles. The average Bonchev–Trinajstić information content (AvgIpc) is 2.30. The van der Waals surface area contributed by atoms with Gasteiger partial charge in [0.2, 0.25) is 0 Å². The second-order valence-electron chi connectivity index (χ2n) is 3.73. The molecule has 1 atom stereocenters. The molecule has 0 saturated carbocycles. The van der Waals surface area contributed by atoms with Gasteiger partial charge in [-0.3, -0.25) is 0 Å². The van der Waals surface area contributed by atoms with Gasteiger partial charge in [-0.25, -0.2) is 4.79 Å². The Labute approximate surface area is 77.0 Å². The van der Waals surface area contributed by atoms with Crippen molar-refractivity contribution in [2.45, 2.75) is 32.5 Å². The van der Waals surface area contributed by atoms with Gasteiger partial charge in [0.1, 0.15) is 18.0 Å². The molecule has 5 heteroatoms. The molecule has 13 heavy (non-hydrogen) atoms. The molecule has 0 bridgehead atoms. The SMILES string of the molecule is CC(C)(C)OC(=O)N1OC=CC1N. The number of nitrogens with zero attached hydrogens (tertiary/aromatic N) is 1. The molecule has 1 unspecified atom stereocenters. The van der Waals surface area contributed by atoms with Gasteiger partial charge >= 0.3 is 6.09 Å². The van der Waals surface area contributed by atoms with Gasteiger partial charge in [-0.1, -0.05) is 0 Å². The monoisotopic (exact) mass is 186 g/mol. The number of amides is 1. The van der Waals surface area contributed by atoms with Crippen molar-refractivity contribution < 1.29 is 14.4 Å². The summed E-state index contributed by atoms with van der Waals surface area (Å²) in [5.41, 5.74) is 4.97. The zero-order chi connectivity index (χ0) is 10.1. The second-order valence-corrected chi connectivity index (χ2v) is 3.73. The van der Waals surface area contributed by atoms with Gasteiger partial charge in [-0.2, -0.15) is 0 Å². The van der Waals surface area contributed by atoms with Gasteiger partial charge in [0, 0.05) is 0 Å². The fourth-order valence-corrected chi connectivity index (χ4v) is 0.801. The number of carbonyl (C=O) groups is 1. The summed E-state index contributed by atoms with van der Waals surface area (Å²) in [4.78, 5) is 16.2. The third kappa shape index (κ3) is 2.62. The van der Waals surface area contributed by atoms with E-state index in [-0.39, 0.29) is 0 Å². The summed E-state index contributed by atoms with van der Waals surface area (Å²) in [6.07, 6.45) is 1.78. The van der Waals surface area contributed by atoms with Crippen LogP contribution in [-0.2, 0) is 9.57 Å². The van der Waals surface area contributed by atoms with Gasteiger partial charge in [-0.15, -0.1) is 5.06 Å². The first-order valence-corrected chi connectivity index (χ1v) is 4.01. The average molecular weight is 186 g/mol. The highest BCUT2D eigenvalue weighted by atomic mass is 16.7. The first-order valence-electron chi connectivity index (χ1n) is 4.01. The van der Waals surface area contributed by atoms with Gasteiger partial charge in [0.25, 0.3) is 0 Å². The number of hydrogen-bond acceptors (Lipinski definition) is 4. The highest BCUT2D eigenvalue weighted by Crippen LogP contribution is 2.14. The van der Waals surface area contributed by atoms with E-state index in [0.717, 1.165) is 5.06 Å². The lowest BCUT2D eigenvalue weighted by Crippen LogP contribution is -2.43. The molecule has 0 aromatic rings. The van der Waals surface area contributed by atoms with E-state index < -0.39 is 17.9 Å². The molecular formula is C8H14N2O3. The molecule has 2 N–H and O–H groups in total. The molecule has 0 saturated heterocycles. The maximum atomic E-state index is 11.3. The molecule has 1 amide bonds. The lowest BCUT2D eigenvalue weighted by molar-refractivity contribution is -0.101. The summed E-state index contributed by atoms with van der Waals surface area (Å²) in [6.45, 7) is 5.33. The molecule has 0 fully saturated rings. The third-order valence-corrected chi connectivity index (χ3v) is 1.29. The minimum Gasteiger partial charge on any atom is -0.442 e. The van der Waals surface area contributed by atoms with E-state index in [0.29, 0.717) is 0 Å². The Balaban J connectivity index is 2.50. The highest BCUT2D eigenvalue weighted by Gasteiger charge is 2.29. The topological polar surface area (TPSA) is 64.8 Å². The van der Waals surface area contributed by atoms with Crippen molar-refractivity contribution in [3.63, 3.8) is 0 Å². The van der Waals surface area contributed by atoms with Crippen LogP contribution in [0.1, 0.15) is 20.8 Å². The second kappa shape index (κ2) is 3.26. The van der Waals surface area contributed by atoms with Crippen LogP contribution in [0.2, 0.25) is 0 Å². The van der Waals surface area contributed by atoms with Crippen LogP contribution >= 0.6 is 0 Å². The quantitative estimate of drug-likeness (QED) is 0.612. The van der Waals surface area contributed by atoms with Crippen molar-refractivity contribution in [3.05, 3.63) is 12.3 Å². The molecular weight excluding hydrogens is 172 g/mol. The van der Waals surface area contributed by atoms with Crippen LogP contribution < -0.4 is 5.73 Å². The summed E-state index contributed by atoms with van der Waals surface area (Å²) in [5.74, 6) is 0. The molecule has 1 aliphatic rings. The summed E-state index contributed by atoms with van der Waals surface area (Å²) in [6, 6.07) is 0. The van der Waals surface area contributed by atoms with Crippen LogP contribution in [0.15, 0.2) is 12.3 Å². The minimum absolute atomic E-state index is 0.539. The highest BCUT2D eigenvalue weighted by molar-refractivity contribution is 5.67. The van der Waals surface area contributed by atoms with Crippen molar-refractivity contribution >= 4 is 6.09 Å². The number of hydrogen-bond donors (Lipinski definition) is 1. The maximum absolute atomic E-state index is 11.3. The van der Waals surface area contributed by atoms with E-state index in [1.165, 1.54) is 6.26 Å². The molecule has 1 rings (SSSR count). The Hall–Kier alpha value is -1.23. The van der Waals surface area contributed by atoms with Gasteiger partial charge < -0.3 is 15.3 Å². The van der Waals surface area contributed by atoms with Crippen molar-refractivity contribution in [2.75, 3.05) is 0 Å². The number of ether oxygens (including phenoxy) is 1. The molecule has 0 aliphatic carbocycles. The number of carbonyl (C=O) groups excluding carboxylic acids is 1. The normalized spacial score (nSPS) is 21.5. The van der Waals surface area contributed by atoms with Gasteiger partial charge in [-0.05, 0) is 26.8 Å². The summed E-state index contributed by atoms with van der Waals surface area (Å²) in [7, 11) is 0. The maximum Gasteiger partial charge on any atom is 0.445 e. The fraction of sp³-hybridized carbons (Fsp3) is 0.625. The van der Waals surface area contributed by atoms with E-state index in [1.54, 1.807) is 26.8 Å². The Bertz CT molecular complexity index is 232. The van der Waals surface area contributed by atoms with Gasteiger partial charge in [0.15, 0.2) is 0 Å². The number of hydroxylamine groups is 2. The first-order chi connectivity index (χ1) is 5.90. The smallest absolute Gasteiger partial charge is 0.442 e. The zero-order valence-corrected chi connectivity index (χ0v) is 7.98. The first kappa shape index (κ1) is 9.85. The van der Waals surface area contributed by atoms with Crippen LogP contribution in [0.4, 0.5) is 4.79 Å². The van der Waals surface area contributed by atoms with Crippen LogP contribution in [0.3, 0.4) is 0 Å². The largest absolute Gasteiger partial charge is 0.445 e. The number of rotatable bonds is 0. The van der Waals surface area contributed by atoms with Crippen molar-refractivity contribution in [3.8, 4) is 0 Å². The van der Waals surface area contributed by atoms with Gasteiger partial charge in [0.05, 0.1) is 0 Å². The molecule has 0 radical (unpaired) electrons. The van der Waals surface area contributed by atoms with Crippen LogP contribution in [0.5, 0.6) is 0 Å². The zero-order valence-electron chi connectivity index (χ0n) is 7.98. The van der Waals surface area contributed by atoms with E-state index in [2.05, 4.69) is 0 Å². The number of nitrogens with two attached hydrogens (primary N) is 1.